The van der Waals surface area contributed by atoms with Crippen LogP contribution in [-0.2, 0) is 5.41 Å². The number of nitrogens with zero attached hydrogens (tertiary/aromatic N) is 1. The van der Waals surface area contributed by atoms with Gasteiger partial charge in [-0.1, -0.05) is 57.2 Å². The Morgan fingerprint density at radius 1 is 0.818 bits per heavy atom. The summed E-state index contributed by atoms with van der Waals surface area (Å²) in [5.41, 5.74) is 6.73. The number of rotatable bonds is 2. The molecule has 0 unspecified atom stereocenters. The van der Waals surface area contributed by atoms with E-state index in [9.17, 15) is 0 Å². The van der Waals surface area contributed by atoms with E-state index < -0.39 is 0 Å². The largest absolute Gasteiger partial charge is 0.456 e. The average Bonchev–Trinajstić information content (AvgIpc) is 3.41. The van der Waals surface area contributed by atoms with Crippen LogP contribution in [0.15, 0.2) is 82.7 Å². The maximum absolute atomic E-state index is 6.32. The molecule has 3 aromatic heterocycles. The number of furan rings is 1. The van der Waals surface area contributed by atoms with Crippen molar-refractivity contribution in [1.29, 1.82) is 0 Å². The first-order valence-electron chi connectivity index (χ1n) is 11.3. The summed E-state index contributed by atoms with van der Waals surface area (Å²) in [6.45, 7) is 8.97. The van der Waals surface area contributed by atoms with E-state index in [2.05, 4.69) is 93.7 Å². The summed E-state index contributed by atoms with van der Waals surface area (Å²) >= 11 is 1.78. The Morgan fingerprint density at radius 3 is 2.52 bits per heavy atom. The molecule has 6 rings (SSSR count). The topological polar surface area (TPSA) is 26.0 Å². The normalized spacial score (nSPS) is 12.2. The maximum atomic E-state index is 6.32. The fourth-order valence-corrected chi connectivity index (χ4v) is 5.70. The molecule has 3 heteroatoms. The lowest BCUT2D eigenvalue weighted by Crippen LogP contribution is -2.12. The second kappa shape index (κ2) is 7.29. The van der Waals surface area contributed by atoms with Gasteiger partial charge in [0.25, 0.3) is 0 Å². The minimum atomic E-state index is 0.0271. The first-order chi connectivity index (χ1) is 15.9. The number of hydrogen-bond acceptors (Lipinski definition) is 3. The van der Waals surface area contributed by atoms with Gasteiger partial charge in [0.05, 0.1) is 5.69 Å². The van der Waals surface area contributed by atoms with Crippen LogP contribution in [0, 0.1) is 6.92 Å². The third-order valence-corrected chi connectivity index (χ3v) is 7.51. The molecule has 0 bridgehead atoms. The predicted octanol–water partition coefficient (Wildman–Crippen LogP) is 9.14. The fraction of sp³-hybridized carbons (Fsp3) is 0.167. The molecule has 0 fully saturated rings. The Hall–Kier alpha value is -3.43. The zero-order chi connectivity index (χ0) is 22.7. The molecule has 0 aliphatic carbocycles. The van der Waals surface area contributed by atoms with Crippen LogP contribution in [-0.4, -0.2) is 4.98 Å². The summed E-state index contributed by atoms with van der Waals surface area (Å²) in [6, 6.07) is 23.9. The van der Waals surface area contributed by atoms with Gasteiger partial charge in [-0.25, -0.2) is 0 Å². The SMILES string of the molecule is Cc1csc2cc(-c3cc4c(-c5cc(C(C)(C)C)c6ccccc6c5)nccc4o3)ccc12. The first-order valence-corrected chi connectivity index (χ1v) is 12.2. The van der Waals surface area contributed by atoms with E-state index in [1.165, 1.54) is 32.0 Å². The number of fused-ring (bicyclic) bond motifs is 3. The van der Waals surface area contributed by atoms with Gasteiger partial charge in [-0.2, -0.15) is 0 Å². The summed E-state index contributed by atoms with van der Waals surface area (Å²) in [4.78, 5) is 4.81. The van der Waals surface area contributed by atoms with Crippen molar-refractivity contribution in [3.8, 4) is 22.6 Å². The zero-order valence-corrected chi connectivity index (χ0v) is 20.1. The van der Waals surface area contributed by atoms with Gasteiger partial charge in [-0.05, 0) is 75.3 Å². The number of aromatic nitrogens is 1. The third-order valence-electron chi connectivity index (χ3n) is 6.44. The molecule has 0 aliphatic rings. The molecule has 0 amide bonds. The lowest BCUT2D eigenvalue weighted by molar-refractivity contribution is 0.596. The predicted molar refractivity (Wildman–Crippen MR) is 141 cm³/mol. The fourth-order valence-electron chi connectivity index (χ4n) is 4.72. The second-order valence-electron chi connectivity index (χ2n) is 9.81. The average molecular weight is 448 g/mol. The summed E-state index contributed by atoms with van der Waals surface area (Å²) in [6.07, 6.45) is 1.85. The van der Waals surface area contributed by atoms with Crippen molar-refractivity contribution in [1.82, 2.24) is 4.98 Å². The second-order valence-corrected chi connectivity index (χ2v) is 10.7. The number of hydrogen-bond donors (Lipinski definition) is 0. The van der Waals surface area contributed by atoms with Crippen LogP contribution in [0.3, 0.4) is 0 Å². The molecule has 162 valence electrons. The summed E-state index contributed by atoms with van der Waals surface area (Å²) in [5, 5.41) is 7.11. The first kappa shape index (κ1) is 20.2. The molecule has 0 saturated carbocycles. The van der Waals surface area contributed by atoms with E-state index in [-0.39, 0.29) is 5.41 Å². The van der Waals surface area contributed by atoms with Crippen molar-refractivity contribution >= 4 is 43.2 Å². The maximum Gasteiger partial charge on any atom is 0.138 e. The minimum Gasteiger partial charge on any atom is -0.456 e. The highest BCUT2D eigenvalue weighted by atomic mass is 32.1. The van der Waals surface area contributed by atoms with E-state index in [4.69, 9.17) is 9.40 Å². The molecule has 0 saturated heterocycles. The molecule has 2 nitrogen and oxygen atoms in total. The quantitative estimate of drug-likeness (QED) is 0.264. The van der Waals surface area contributed by atoms with Crippen LogP contribution in [0.25, 0.3) is 54.4 Å². The Kier molecular flexibility index (Phi) is 4.46. The number of pyridine rings is 1. The highest BCUT2D eigenvalue weighted by Gasteiger charge is 2.20. The van der Waals surface area contributed by atoms with Crippen molar-refractivity contribution in [2.24, 2.45) is 0 Å². The van der Waals surface area contributed by atoms with Gasteiger partial charge in [-0.3, -0.25) is 4.98 Å². The summed E-state index contributed by atoms with van der Waals surface area (Å²) in [5.74, 6) is 0.879. The summed E-state index contributed by atoms with van der Waals surface area (Å²) < 4.78 is 7.61. The van der Waals surface area contributed by atoms with E-state index >= 15 is 0 Å². The Bertz CT molecular complexity index is 1660. The number of thiophene rings is 1. The lowest BCUT2D eigenvalue weighted by atomic mass is 9.82. The van der Waals surface area contributed by atoms with Crippen LogP contribution in [0.4, 0.5) is 0 Å². The lowest BCUT2D eigenvalue weighted by Gasteiger charge is -2.22. The molecule has 0 N–H and O–H groups in total. The van der Waals surface area contributed by atoms with E-state index in [1.807, 2.05) is 12.3 Å². The van der Waals surface area contributed by atoms with Gasteiger partial charge in [0.1, 0.15) is 11.3 Å². The van der Waals surface area contributed by atoms with Gasteiger partial charge in [0, 0.05) is 27.4 Å². The van der Waals surface area contributed by atoms with Crippen LogP contribution in [0.5, 0.6) is 0 Å². The van der Waals surface area contributed by atoms with E-state index in [0.29, 0.717) is 0 Å². The van der Waals surface area contributed by atoms with Crippen molar-refractivity contribution in [2.75, 3.05) is 0 Å². The summed E-state index contributed by atoms with van der Waals surface area (Å²) in [7, 11) is 0. The zero-order valence-electron chi connectivity index (χ0n) is 19.3. The van der Waals surface area contributed by atoms with Crippen molar-refractivity contribution < 1.29 is 4.42 Å². The smallest absolute Gasteiger partial charge is 0.138 e. The monoisotopic (exact) mass is 447 g/mol. The molecule has 0 aliphatic heterocycles. The van der Waals surface area contributed by atoms with E-state index in [0.717, 1.165) is 33.6 Å². The van der Waals surface area contributed by atoms with Crippen molar-refractivity contribution in [3.05, 3.63) is 89.4 Å². The molecule has 6 aromatic rings. The van der Waals surface area contributed by atoms with Crippen molar-refractivity contribution in [3.63, 3.8) is 0 Å². The molecule has 33 heavy (non-hydrogen) atoms. The van der Waals surface area contributed by atoms with Crippen LogP contribution < -0.4 is 0 Å². The van der Waals surface area contributed by atoms with Gasteiger partial charge in [-0.15, -0.1) is 11.3 Å². The number of aryl methyl sites for hydroxylation is 1. The van der Waals surface area contributed by atoms with Gasteiger partial charge in [0.2, 0.25) is 0 Å². The Morgan fingerprint density at radius 2 is 1.67 bits per heavy atom. The van der Waals surface area contributed by atoms with Gasteiger partial charge >= 0.3 is 0 Å². The van der Waals surface area contributed by atoms with Crippen molar-refractivity contribution in [2.45, 2.75) is 33.1 Å². The van der Waals surface area contributed by atoms with Gasteiger partial charge in [0.15, 0.2) is 0 Å². The highest BCUT2D eigenvalue weighted by Crippen LogP contribution is 2.39. The molecule has 0 spiro atoms. The third kappa shape index (κ3) is 3.35. The Balaban J connectivity index is 1.55. The molecule has 3 aromatic carbocycles. The minimum absolute atomic E-state index is 0.0271. The standard InChI is InChI=1S/C30H25NOS/c1-18-17-33-28-15-20(9-10-22(18)28)27-16-24-26(32-27)11-12-31-29(24)21-13-19-7-5-6-8-23(19)25(14-21)30(2,3)4/h5-17H,1-4H3. The van der Waals surface area contributed by atoms with Crippen LogP contribution in [0.2, 0.25) is 0 Å². The Labute approximate surface area is 197 Å². The van der Waals surface area contributed by atoms with E-state index in [1.54, 1.807) is 11.3 Å². The molecular formula is C30H25NOS. The van der Waals surface area contributed by atoms with Gasteiger partial charge < -0.3 is 4.42 Å². The van der Waals surface area contributed by atoms with Crippen LogP contribution in [0.1, 0.15) is 31.9 Å². The molecule has 0 radical (unpaired) electrons. The molecule has 0 atom stereocenters. The molecule has 3 heterocycles. The highest BCUT2D eigenvalue weighted by molar-refractivity contribution is 7.17. The van der Waals surface area contributed by atoms with Crippen LogP contribution >= 0.6 is 11.3 Å². The number of benzene rings is 3. The molecular weight excluding hydrogens is 422 g/mol.